The second-order valence-corrected chi connectivity index (χ2v) is 7.11. The number of piperidine rings is 1. The van der Waals surface area contributed by atoms with Crippen molar-refractivity contribution in [3.05, 3.63) is 59.2 Å². The molecule has 3 heterocycles. The van der Waals surface area contributed by atoms with Crippen molar-refractivity contribution in [1.29, 1.82) is 0 Å². The van der Waals surface area contributed by atoms with Crippen LogP contribution in [0.25, 0.3) is 0 Å². The number of hydrogen-bond acceptors (Lipinski definition) is 4. The topological polar surface area (TPSA) is 55.0 Å². The number of rotatable bonds is 6. The summed E-state index contributed by atoms with van der Waals surface area (Å²) in [4.78, 5) is 12.1. The van der Waals surface area contributed by atoms with E-state index in [9.17, 15) is 0 Å². The molecule has 1 aliphatic rings. The number of nitrogens with two attached hydrogens (primary N) is 1. The monoisotopic (exact) mass is 338 g/mol. The maximum Gasteiger partial charge on any atom is 0.0604 e. The first-order valence-electron chi connectivity index (χ1n) is 9.51. The number of aromatic nitrogens is 2. The minimum Gasteiger partial charge on any atom is -0.330 e. The lowest BCUT2D eigenvalue weighted by Crippen LogP contribution is -2.38. The lowest BCUT2D eigenvalue weighted by Gasteiger charge is -2.42. The van der Waals surface area contributed by atoms with E-state index in [4.69, 9.17) is 15.7 Å². The standard InChI is InChI=1S/C21H30N4/c1-16-8-6-13-23-20(16)18-10-5-11-19(25(18)15-4-3-12-22)21-17(2)9-7-14-24-21/h6-9,13-14,18-19H,3-5,10-12,15,22H2,1-2H3. The predicted octanol–water partition coefficient (Wildman–Crippen LogP) is 4.10. The molecule has 0 aromatic carbocycles. The van der Waals surface area contributed by atoms with Crippen LogP contribution in [0.15, 0.2) is 36.7 Å². The Morgan fingerprint density at radius 2 is 1.52 bits per heavy atom. The summed E-state index contributed by atoms with van der Waals surface area (Å²) in [7, 11) is 0. The maximum atomic E-state index is 5.74. The van der Waals surface area contributed by atoms with E-state index >= 15 is 0 Å². The van der Waals surface area contributed by atoms with Crippen molar-refractivity contribution in [3.63, 3.8) is 0 Å². The molecule has 0 radical (unpaired) electrons. The number of unbranched alkanes of at least 4 members (excludes halogenated alkanes) is 1. The molecule has 2 N–H and O–H groups in total. The predicted molar refractivity (Wildman–Crippen MR) is 102 cm³/mol. The Bertz CT molecular complexity index is 632. The Balaban J connectivity index is 1.94. The van der Waals surface area contributed by atoms with Crippen molar-refractivity contribution >= 4 is 0 Å². The van der Waals surface area contributed by atoms with Crippen molar-refractivity contribution < 1.29 is 0 Å². The smallest absolute Gasteiger partial charge is 0.0604 e. The zero-order valence-electron chi connectivity index (χ0n) is 15.5. The average molecular weight is 338 g/mol. The second-order valence-electron chi connectivity index (χ2n) is 7.11. The van der Waals surface area contributed by atoms with Gasteiger partial charge in [0, 0.05) is 12.4 Å². The van der Waals surface area contributed by atoms with Crippen LogP contribution in [0, 0.1) is 13.8 Å². The summed E-state index contributed by atoms with van der Waals surface area (Å²) in [6.45, 7) is 6.17. The van der Waals surface area contributed by atoms with Crippen LogP contribution in [0.4, 0.5) is 0 Å². The Morgan fingerprint density at radius 3 is 2.00 bits per heavy atom. The number of hydrogen-bond donors (Lipinski definition) is 1. The Kier molecular flexibility index (Phi) is 6.16. The number of nitrogens with zero attached hydrogens (tertiary/aromatic N) is 3. The summed E-state index contributed by atoms with van der Waals surface area (Å²) in [5.41, 5.74) is 10.8. The van der Waals surface area contributed by atoms with Gasteiger partial charge in [0.25, 0.3) is 0 Å². The van der Waals surface area contributed by atoms with Crippen molar-refractivity contribution in [2.45, 2.75) is 58.0 Å². The zero-order valence-corrected chi connectivity index (χ0v) is 15.5. The lowest BCUT2D eigenvalue weighted by molar-refractivity contribution is 0.0745. The van der Waals surface area contributed by atoms with Gasteiger partial charge >= 0.3 is 0 Å². The summed E-state index contributed by atoms with van der Waals surface area (Å²) in [6.07, 6.45) is 9.60. The third-order valence-electron chi connectivity index (χ3n) is 5.36. The van der Waals surface area contributed by atoms with Gasteiger partial charge in [0.15, 0.2) is 0 Å². The van der Waals surface area contributed by atoms with Crippen molar-refractivity contribution in [2.24, 2.45) is 5.73 Å². The quantitative estimate of drug-likeness (QED) is 0.806. The highest BCUT2D eigenvalue weighted by Crippen LogP contribution is 2.42. The van der Waals surface area contributed by atoms with Gasteiger partial charge in [0.05, 0.1) is 23.5 Å². The average Bonchev–Trinajstić information content (AvgIpc) is 2.63. The van der Waals surface area contributed by atoms with E-state index in [1.54, 1.807) is 0 Å². The molecule has 0 saturated carbocycles. The van der Waals surface area contributed by atoms with Crippen LogP contribution in [0.1, 0.15) is 66.7 Å². The summed E-state index contributed by atoms with van der Waals surface area (Å²) in [6, 6.07) is 9.16. The normalized spacial score (nSPS) is 21.4. The summed E-state index contributed by atoms with van der Waals surface area (Å²) in [5.74, 6) is 0. The third-order valence-corrected chi connectivity index (χ3v) is 5.36. The van der Waals surface area contributed by atoms with E-state index in [2.05, 4.69) is 30.9 Å². The van der Waals surface area contributed by atoms with E-state index in [1.807, 2.05) is 24.5 Å². The highest BCUT2D eigenvalue weighted by molar-refractivity contribution is 5.25. The van der Waals surface area contributed by atoms with Crippen molar-refractivity contribution in [3.8, 4) is 0 Å². The van der Waals surface area contributed by atoms with Crippen molar-refractivity contribution in [2.75, 3.05) is 13.1 Å². The van der Waals surface area contributed by atoms with E-state index in [0.29, 0.717) is 12.1 Å². The highest BCUT2D eigenvalue weighted by atomic mass is 15.2. The van der Waals surface area contributed by atoms with E-state index < -0.39 is 0 Å². The van der Waals surface area contributed by atoms with Gasteiger partial charge in [0.2, 0.25) is 0 Å². The second kappa shape index (κ2) is 8.54. The number of aryl methyl sites for hydroxylation is 2. The largest absolute Gasteiger partial charge is 0.330 e. The molecule has 25 heavy (non-hydrogen) atoms. The fraction of sp³-hybridized carbons (Fsp3) is 0.524. The van der Waals surface area contributed by atoms with E-state index in [1.165, 1.54) is 41.8 Å². The first-order chi connectivity index (χ1) is 12.2. The summed E-state index contributed by atoms with van der Waals surface area (Å²) >= 11 is 0. The SMILES string of the molecule is Cc1cccnc1C1CCCC(c2ncccc2C)N1CCCCN. The number of pyridine rings is 2. The van der Waals surface area contributed by atoms with E-state index in [0.717, 1.165) is 25.9 Å². The summed E-state index contributed by atoms with van der Waals surface area (Å²) < 4.78 is 0. The minimum atomic E-state index is 0.374. The van der Waals surface area contributed by atoms with Gasteiger partial charge in [-0.3, -0.25) is 14.9 Å². The van der Waals surface area contributed by atoms with Crippen LogP contribution in [-0.4, -0.2) is 28.0 Å². The molecule has 1 aliphatic heterocycles. The number of likely N-dealkylation sites (tertiary alicyclic amines) is 1. The fourth-order valence-corrected chi connectivity index (χ4v) is 4.08. The minimum absolute atomic E-state index is 0.374. The summed E-state index contributed by atoms with van der Waals surface area (Å²) in [5, 5.41) is 0. The Labute approximate surface area is 151 Å². The van der Waals surface area contributed by atoms with Crippen LogP contribution in [0.5, 0.6) is 0 Å². The molecule has 0 aliphatic carbocycles. The van der Waals surface area contributed by atoms with Crippen LogP contribution in [0.2, 0.25) is 0 Å². The first kappa shape index (κ1) is 18.0. The third kappa shape index (κ3) is 4.07. The molecule has 0 spiro atoms. The maximum absolute atomic E-state index is 5.74. The van der Waals surface area contributed by atoms with Gasteiger partial charge in [-0.05, 0) is 82.3 Å². The van der Waals surface area contributed by atoms with Gasteiger partial charge in [0.1, 0.15) is 0 Å². The molecule has 2 unspecified atom stereocenters. The molecule has 134 valence electrons. The first-order valence-corrected chi connectivity index (χ1v) is 9.51. The molecule has 0 bridgehead atoms. The molecule has 0 amide bonds. The molecule has 1 fully saturated rings. The van der Waals surface area contributed by atoms with Crippen LogP contribution in [0.3, 0.4) is 0 Å². The van der Waals surface area contributed by atoms with Crippen LogP contribution < -0.4 is 5.73 Å². The van der Waals surface area contributed by atoms with Crippen LogP contribution >= 0.6 is 0 Å². The van der Waals surface area contributed by atoms with Crippen LogP contribution in [-0.2, 0) is 0 Å². The molecule has 2 aromatic rings. The van der Waals surface area contributed by atoms with Crippen molar-refractivity contribution in [1.82, 2.24) is 14.9 Å². The molecule has 4 nitrogen and oxygen atoms in total. The molecule has 1 saturated heterocycles. The molecule has 4 heteroatoms. The molecule has 3 rings (SSSR count). The fourth-order valence-electron chi connectivity index (χ4n) is 4.08. The van der Waals surface area contributed by atoms with Gasteiger partial charge < -0.3 is 5.73 Å². The molecular weight excluding hydrogens is 308 g/mol. The van der Waals surface area contributed by atoms with Gasteiger partial charge in [-0.2, -0.15) is 0 Å². The zero-order chi connectivity index (χ0) is 17.6. The van der Waals surface area contributed by atoms with Gasteiger partial charge in [-0.15, -0.1) is 0 Å². The highest BCUT2D eigenvalue weighted by Gasteiger charge is 2.34. The Morgan fingerprint density at radius 1 is 0.960 bits per heavy atom. The molecule has 2 aromatic heterocycles. The lowest BCUT2D eigenvalue weighted by atomic mass is 9.88. The van der Waals surface area contributed by atoms with Gasteiger partial charge in [-0.25, -0.2) is 0 Å². The Hall–Kier alpha value is -1.78. The van der Waals surface area contributed by atoms with E-state index in [-0.39, 0.29) is 0 Å². The molecule has 2 atom stereocenters. The van der Waals surface area contributed by atoms with Gasteiger partial charge in [-0.1, -0.05) is 12.1 Å². The molecular formula is C21H30N4.